The van der Waals surface area contributed by atoms with Crippen LogP contribution in [0.15, 0.2) is 18.2 Å². The number of rotatable bonds is 1. The first kappa shape index (κ1) is 8.57. The van der Waals surface area contributed by atoms with Crippen molar-refractivity contribution in [3.8, 4) is 6.07 Å². The van der Waals surface area contributed by atoms with Gasteiger partial charge in [0, 0.05) is 16.3 Å². The number of halogens is 1. The molecule has 1 rings (SSSR count). The Morgan fingerprint density at radius 1 is 1.58 bits per heavy atom. The Hall–Kier alpha value is -1.53. The molecule has 0 fully saturated rings. The fraction of sp³-hybridized carbons (Fsp3) is 0. The largest absolute Gasteiger partial charge is 0.398 e. The van der Waals surface area contributed by atoms with Crippen molar-refractivity contribution < 1.29 is 0 Å². The summed E-state index contributed by atoms with van der Waals surface area (Å²) in [5.74, 6) is 0. The van der Waals surface area contributed by atoms with Crippen molar-refractivity contribution in [2.75, 3.05) is 5.73 Å². The van der Waals surface area contributed by atoms with Crippen LogP contribution >= 0.6 is 11.6 Å². The summed E-state index contributed by atoms with van der Waals surface area (Å²) in [7, 11) is 0. The molecule has 0 heterocycles. The van der Waals surface area contributed by atoms with Gasteiger partial charge in [0.15, 0.2) is 0 Å². The molecule has 0 aliphatic carbocycles. The molecule has 0 atom stereocenters. The van der Waals surface area contributed by atoms with Crippen LogP contribution in [0, 0.1) is 16.7 Å². The second-order valence-corrected chi connectivity index (χ2v) is 2.65. The summed E-state index contributed by atoms with van der Waals surface area (Å²) >= 11 is 5.66. The number of nitrogen functional groups attached to an aromatic ring is 1. The fourth-order valence-electron chi connectivity index (χ4n) is 0.805. The topological polar surface area (TPSA) is 73.7 Å². The third-order valence-corrected chi connectivity index (χ3v) is 1.63. The molecule has 12 heavy (non-hydrogen) atoms. The highest BCUT2D eigenvalue weighted by Crippen LogP contribution is 2.17. The van der Waals surface area contributed by atoms with Crippen molar-refractivity contribution in [2.45, 2.75) is 0 Å². The molecule has 4 heteroatoms. The van der Waals surface area contributed by atoms with Crippen LogP contribution in [-0.2, 0) is 0 Å². The third kappa shape index (κ3) is 1.55. The fourth-order valence-corrected chi connectivity index (χ4v) is 0.977. The van der Waals surface area contributed by atoms with Crippen LogP contribution in [0.2, 0.25) is 5.02 Å². The smallest absolute Gasteiger partial charge is 0.141 e. The van der Waals surface area contributed by atoms with Gasteiger partial charge in [0.2, 0.25) is 0 Å². The summed E-state index contributed by atoms with van der Waals surface area (Å²) in [5, 5.41) is 16.1. The van der Waals surface area contributed by atoms with Crippen molar-refractivity contribution in [1.29, 1.82) is 10.7 Å². The zero-order chi connectivity index (χ0) is 9.14. The molecule has 0 aliphatic heterocycles. The number of nitrogens with two attached hydrogens (primary N) is 1. The van der Waals surface area contributed by atoms with E-state index >= 15 is 0 Å². The van der Waals surface area contributed by atoms with Crippen LogP contribution in [0.3, 0.4) is 0 Å². The maximum atomic E-state index is 8.43. The van der Waals surface area contributed by atoms with Crippen LogP contribution in [0.1, 0.15) is 5.56 Å². The van der Waals surface area contributed by atoms with Gasteiger partial charge in [-0.25, -0.2) is 0 Å². The first-order chi connectivity index (χ1) is 5.65. The van der Waals surface area contributed by atoms with Gasteiger partial charge in [-0.05, 0) is 18.2 Å². The molecule has 0 spiro atoms. The minimum Gasteiger partial charge on any atom is -0.398 e. The second kappa shape index (κ2) is 3.24. The van der Waals surface area contributed by atoms with Gasteiger partial charge in [0.1, 0.15) is 11.8 Å². The van der Waals surface area contributed by atoms with E-state index < -0.39 is 0 Å². The molecule has 1 aromatic rings. The predicted octanol–water partition coefficient (Wildman–Crippen LogP) is 1.81. The molecule has 0 aromatic heterocycles. The molecule has 3 nitrogen and oxygen atoms in total. The summed E-state index contributed by atoms with van der Waals surface area (Å²) < 4.78 is 0. The minimum atomic E-state index is -0.171. The Labute approximate surface area is 74.9 Å². The van der Waals surface area contributed by atoms with Gasteiger partial charge in [0.25, 0.3) is 0 Å². The summed E-state index contributed by atoms with van der Waals surface area (Å²) in [6.07, 6.45) is 0. The average Bonchev–Trinajstić information content (AvgIpc) is 2.08. The Balaban J connectivity index is 3.25. The monoisotopic (exact) mass is 179 g/mol. The van der Waals surface area contributed by atoms with Crippen molar-refractivity contribution in [2.24, 2.45) is 0 Å². The second-order valence-electron chi connectivity index (χ2n) is 2.22. The first-order valence-corrected chi connectivity index (χ1v) is 3.57. The van der Waals surface area contributed by atoms with Crippen LogP contribution < -0.4 is 5.73 Å². The minimum absolute atomic E-state index is 0.171. The lowest BCUT2D eigenvalue weighted by Gasteiger charge is -2.00. The van der Waals surface area contributed by atoms with Gasteiger partial charge in [-0.15, -0.1) is 0 Å². The number of nitrogens with one attached hydrogen (secondary N) is 1. The standard InChI is InChI=1S/C8H6ClN3/c9-5-1-2-7(11)6(3-5)8(12)4-10/h1-3,12H,11H2. The van der Waals surface area contributed by atoms with Gasteiger partial charge < -0.3 is 5.73 Å². The van der Waals surface area contributed by atoms with Gasteiger partial charge in [-0.3, -0.25) is 5.41 Å². The van der Waals surface area contributed by atoms with Crippen molar-refractivity contribution in [3.05, 3.63) is 28.8 Å². The quantitative estimate of drug-likeness (QED) is 0.510. The zero-order valence-corrected chi connectivity index (χ0v) is 6.89. The molecular formula is C8H6ClN3. The van der Waals surface area contributed by atoms with E-state index in [0.717, 1.165) is 0 Å². The number of benzene rings is 1. The zero-order valence-electron chi connectivity index (χ0n) is 6.13. The first-order valence-electron chi connectivity index (χ1n) is 3.19. The highest BCUT2D eigenvalue weighted by atomic mass is 35.5. The van der Waals surface area contributed by atoms with Gasteiger partial charge in [-0.1, -0.05) is 11.6 Å². The van der Waals surface area contributed by atoms with E-state index in [1.807, 2.05) is 0 Å². The highest BCUT2D eigenvalue weighted by molar-refractivity contribution is 6.31. The number of nitriles is 1. The molecule has 3 N–H and O–H groups in total. The van der Waals surface area contributed by atoms with Crippen molar-refractivity contribution in [3.63, 3.8) is 0 Å². The number of hydrogen-bond donors (Lipinski definition) is 2. The lowest BCUT2D eigenvalue weighted by atomic mass is 10.1. The Morgan fingerprint density at radius 2 is 2.25 bits per heavy atom. The molecular weight excluding hydrogens is 174 g/mol. The maximum Gasteiger partial charge on any atom is 0.141 e. The number of anilines is 1. The normalized spacial score (nSPS) is 9.00. The van der Waals surface area contributed by atoms with Gasteiger partial charge in [0.05, 0.1) is 0 Å². The Bertz CT molecular complexity index is 365. The van der Waals surface area contributed by atoms with E-state index in [1.54, 1.807) is 18.2 Å². The summed E-state index contributed by atoms with van der Waals surface area (Å²) in [5.41, 5.74) is 6.12. The number of nitrogens with zero attached hydrogens (tertiary/aromatic N) is 1. The van der Waals surface area contributed by atoms with Gasteiger partial charge in [-0.2, -0.15) is 5.26 Å². The lowest BCUT2D eigenvalue weighted by molar-refractivity contribution is 1.46. The molecule has 0 saturated carbocycles. The molecule has 1 aromatic carbocycles. The van der Waals surface area contributed by atoms with E-state index in [-0.39, 0.29) is 5.71 Å². The van der Waals surface area contributed by atoms with E-state index in [1.165, 1.54) is 6.07 Å². The number of hydrogen-bond acceptors (Lipinski definition) is 3. The predicted molar refractivity (Wildman–Crippen MR) is 48.3 cm³/mol. The van der Waals surface area contributed by atoms with E-state index in [4.69, 9.17) is 28.0 Å². The summed E-state index contributed by atoms with van der Waals surface area (Å²) in [6.45, 7) is 0. The molecule has 0 unspecified atom stereocenters. The lowest BCUT2D eigenvalue weighted by Crippen LogP contribution is -2.00. The molecule has 60 valence electrons. The molecule has 0 bridgehead atoms. The Morgan fingerprint density at radius 3 is 2.83 bits per heavy atom. The maximum absolute atomic E-state index is 8.43. The van der Waals surface area contributed by atoms with Crippen LogP contribution in [0.25, 0.3) is 0 Å². The van der Waals surface area contributed by atoms with Crippen LogP contribution in [-0.4, -0.2) is 5.71 Å². The SMILES string of the molecule is N#CC(=N)c1cc(Cl)ccc1N. The summed E-state index contributed by atoms with van der Waals surface area (Å²) in [4.78, 5) is 0. The average molecular weight is 180 g/mol. The van der Waals surface area contributed by atoms with Crippen LogP contribution in [0.4, 0.5) is 5.69 Å². The molecule has 0 amide bonds. The third-order valence-electron chi connectivity index (χ3n) is 1.40. The van der Waals surface area contributed by atoms with Crippen molar-refractivity contribution in [1.82, 2.24) is 0 Å². The van der Waals surface area contributed by atoms with E-state index in [9.17, 15) is 0 Å². The molecule has 0 saturated heterocycles. The molecule has 0 aliphatic rings. The summed E-state index contributed by atoms with van der Waals surface area (Å²) in [6, 6.07) is 6.39. The molecule has 0 radical (unpaired) electrons. The van der Waals surface area contributed by atoms with Gasteiger partial charge >= 0.3 is 0 Å². The van der Waals surface area contributed by atoms with E-state index in [2.05, 4.69) is 0 Å². The highest BCUT2D eigenvalue weighted by Gasteiger charge is 2.04. The van der Waals surface area contributed by atoms with Crippen molar-refractivity contribution >= 4 is 23.0 Å². The van der Waals surface area contributed by atoms with E-state index in [0.29, 0.717) is 16.3 Å². The van der Waals surface area contributed by atoms with Crippen LogP contribution in [0.5, 0.6) is 0 Å². The Kier molecular flexibility index (Phi) is 2.32.